The lowest BCUT2D eigenvalue weighted by molar-refractivity contribution is -0.384. The van der Waals surface area contributed by atoms with Crippen LogP contribution in [0.25, 0.3) is 6.08 Å². The van der Waals surface area contributed by atoms with Gasteiger partial charge in [-0.1, -0.05) is 18.2 Å². The van der Waals surface area contributed by atoms with E-state index < -0.39 is 16.7 Å². The van der Waals surface area contributed by atoms with Crippen molar-refractivity contribution >= 4 is 29.3 Å². The molecule has 0 bridgehead atoms. The van der Waals surface area contributed by atoms with Crippen LogP contribution in [0.1, 0.15) is 5.56 Å². The molecule has 27 heavy (non-hydrogen) atoms. The quantitative estimate of drug-likeness (QED) is 0.374. The molecule has 0 unspecified atom stereocenters. The van der Waals surface area contributed by atoms with Gasteiger partial charge < -0.3 is 4.74 Å². The zero-order chi connectivity index (χ0) is 19.4. The van der Waals surface area contributed by atoms with Gasteiger partial charge in [0, 0.05) is 17.7 Å². The van der Waals surface area contributed by atoms with Gasteiger partial charge in [0.05, 0.1) is 10.6 Å². The third-order valence-electron chi connectivity index (χ3n) is 3.70. The van der Waals surface area contributed by atoms with E-state index in [0.717, 1.165) is 5.01 Å². The first-order valence-corrected chi connectivity index (χ1v) is 7.71. The Morgan fingerprint density at radius 1 is 1.22 bits per heavy atom. The average molecular weight is 364 g/mol. The number of amides is 2. The molecule has 1 aliphatic heterocycles. The van der Waals surface area contributed by atoms with E-state index in [1.807, 2.05) is 0 Å². The predicted octanol–water partition coefficient (Wildman–Crippen LogP) is 1.96. The topological polar surface area (TPSA) is 126 Å². The van der Waals surface area contributed by atoms with Gasteiger partial charge in [0.15, 0.2) is 6.61 Å². The van der Waals surface area contributed by atoms with Gasteiger partial charge in [-0.25, -0.2) is 5.01 Å². The van der Waals surface area contributed by atoms with E-state index in [2.05, 4.69) is 5.43 Å². The second-order valence-electron chi connectivity index (χ2n) is 5.40. The summed E-state index contributed by atoms with van der Waals surface area (Å²) < 4.78 is 5.23. The molecule has 2 aromatic carbocycles. The third kappa shape index (κ3) is 3.59. The van der Waals surface area contributed by atoms with Crippen molar-refractivity contribution < 1.29 is 19.2 Å². The van der Waals surface area contributed by atoms with Crippen LogP contribution in [-0.2, 0) is 9.59 Å². The zero-order valence-corrected chi connectivity index (χ0v) is 13.8. The second-order valence-corrected chi connectivity index (χ2v) is 5.40. The largest absolute Gasteiger partial charge is 0.478 e. The number of nitrogens with one attached hydrogen (secondary N) is 1. The maximum Gasteiger partial charge on any atom is 0.282 e. The molecule has 2 amide bonds. The fraction of sp³-hybridized carbons (Fsp3) is 0.0556. The lowest BCUT2D eigenvalue weighted by atomic mass is 10.1. The first kappa shape index (κ1) is 17.6. The van der Waals surface area contributed by atoms with Crippen molar-refractivity contribution in [3.63, 3.8) is 0 Å². The first-order valence-electron chi connectivity index (χ1n) is 7.71. The SMILES string of the molecule is N#CCOc1ccc([N+](=O)[O-])cc1/C=C1/C(=O)NN(c2ccccc2)C1=O. The molecule has 3 rings (SSSR count). The maximum absolute atomic E-state index is 12.6. The Kier molecular flexibility index (Phi) is 4.81. The van der Waals surface area contributed by atoms with Gasteiger partial charge in [-0.3, -0.25) is 25.1 Å². The van der Waals surface area contributed by atoms with Crippen LogP contribution in [0.15, 0.2) is 54.1 Å². The van der Waals surface area contributed by atoms with E-state index in [0.29, 0.717) is 5.69 Å². The lowest BCUT2D eigenvalue weighted by Crippen LogP contribution is -2.35. The molecular formula is C18H12N4O5. The van der Waals surface area contributed by atoms with Crippen molar-refractivity contribution in [2.75, 3.05) is 11.6 Å². The summed E-state index contributed by atoms with van der Waals surface area (Å²) in [6.07, 6.45) is 1.21. The molecule has 1 aliphatic rings. The first-order chi connectivity index (χ1) is 13.0. The number of benzene rings is 2. The highest BCUT2D eigenvalue weighted by molar-refractivity contribution is 6.31. The minimum absolute atomic E-state index is 0.146. The number of hydrogen-bond acceptors (Lipinski definition) is 6. The van der Waals surface area contributed by atoms with Crippen molar-refractivity contribution in [2.24, 2.45) is 0 Å². The molecule has 1 fully saturated rings. The van der Waals surface area contributed by atoms with Gasteiger partial charge >= 0.3 is 0 Å². The summed E-state index contributed by atoms with van der Waals surface area (Å²) in [6, 6.07) is 14.0. The number of hydrazine groups is 1. The minimum Gasteiger partial charge on any atom is -0.478 e. The molecular weight excluding hydrogens is 352 g/mol. The van der Waals surface area contributed by atoms with Crippen LogP contribution >= 0.6 is 0 Å². The Morgan fingerprint density at radius 2 is 1.96 bits per heavy atom. The number of para-hydroxylation sites is 1. The van der Waals surface area contributed by atoms with Crippen molar-refractivity contribution in [1.82, 2.24) is 5.43 Å². The zero-order valence-electron chi connectivity index (χ0n) is 13.8. The smallest absolute Gasteiger partial charge is 0.282 e. The van der Waals surface area contributed by atoms with Gasteiger partial charge in [-0.2, -0.15) is 5.26 Å². The third-order valence-corrected chi connectivity index (χ3v) is 3.70. The molecule has 9 heteroatoms. The standard InChI is InChI=1S/C18H12N4O5/c19-8-9-27-16-7-6-14(22(25)26)10-12(16)11-15-17(23)20-21(18(15)24)13-4-2-1-3-5-13/h1-7,10-11H,9H2,(H,20,23)/b15-11-. The number of nitrogens with zero attached hydrogens (tertiary/aromatic N) is 3. The highest BCUT2D eigenvalue weighted by atomic mass is 16.6. The van der Waals surface area contributed by atoms with E-state index in [4.69, 9.17) is 10.00 Å². The van der Waals surface area contributed by atoms with E-state index in [-0.39, 0.29) is 29.2 Å². The summed E-state index contributed by atoms with van der Waals surface area (Å²) in [5.74, 6) is -1.11. The summed E-state index contributed by atoms with van der Waals surface area (Å²) in [6.45, 7) is -0.287. The van der Waals surface area contributed by atoms with Crippen molar-refractivity contribution in [2.45, 2.75) is 0 Å². The number of carbonyl (C=O) groups is 2. The summed E-state index contributed by atoms with van der Waals surface area (Å²) in [5.41, 5.74) is 2.61. The van der Waals surface area contributed by atoms with Gasteiger partial charge in [-0.05, 0) is 24.3 Å². The normalized spacial score (nSPS) is 14.8. The number of hydrogen-bond donors (Lipinski definition) is 1. The summed E-state index contributed by atoms with van der Waals surface area (Å²) in [7, 11) is 0. The molecule has 1 saturated heterocycles. The fourth-order valence-electron chi connectivity index (χ4n) is 2.48. The fourth-order valence-corrected chi connectivity index (χ4v) is 2.48. The molecule has 1 heterocycles. The van der Waals surface area contributed by atoms with E-state index in [1.54, 1.807) is 36.4 Å². The Balaban J connectivity index is 2.01. The molecule has 0 atom stereocenters. The van der Waals surface area contributed by atoms with Crippen LogP contribution in [-0.4, -0.2) is 23.3 Å². The highest BCUT2D eigenvalue weighted by Gasteiger charge is 2.34. The molecule has 1 N–H and O–H groups in total. The van der Waals surface area contributed by atoms with E-state index in [9.17, 15) is 19.7 Å². The number of nitro benzene ring substituents is 1. The summed E-state index contributed by atoms with van der Waals surface area (Å²) in [5, 5.41) is 20.8. The highest BCUT2D eigenvalue weighted by Crippen LogP contribution is 2.28. The van der Waals surface area contributed by atoms with Crippen molar-refractivity contribution in [1.29, 1.82) is 5.26 Å². The number of nitro groups is 1. The molecule has 0 spiro atoms. The lowest BCUT2D eigenvalue weighted by Gasteiger charge is -2.13. The summed E-state index contributed by atoms with van der Waals surface area (Å²) in [4.78, 5) is 35.3. The van der Waals surface area contributed by atoms with E-state index in [1.165, 1.54) is 24.3 Å². The number of carbonyl (C=O) groups excluding carboxylic acids is 2. The Bertz CT molecular complexity index is 995. The number of non-ortho nitro benzene ring substituents is 1. The van der Waals surface area contributed by atoms with Crippen LogP contribution in [0.3, 0.4) is 0 Å². The molecule has 0 aromatic heterocycles. The monoisotopic (exact) mass is 364 g/mol. The number of anilines is 1. The molecule has 0 radical (unpaired) electrons. The van der Waals surface area contributed by atoms with Crippen molar-refractivity contribution in [3.8, 4) is 11.8 Å². The van der Waals surface area contributed by atoms with Crippen LogP contribution < -0.4 is 15.2 Å². The number of rotatable bonds is 5. The molecule has 134 valence electrons. The van der Waals surface area contributed by atoms with E-state index >= 15 is 0 Å². The Morgan fingerprint density at radius 3 is 2.63 bits per heavy atom. The van der Waals surface area contributed by atoms with Crippen LogP contribution in [0, 0.1) is 21.4 Å². The van der Waals surface area contributed by atoms with Gasteiger partial charge in [-0.15, -0.1) is 0 Å². The second kappa shape index (κ2) is 7.37. The van der Waals surface area contributed by atoms with Gasteiger partial charge in [0.2, 0.25) is 0 Å². The maximum atomic E-state index is 12.6. The van der Waals surface area contributed by atoms with Gasteiger partial charge in [0.1, 0.15) is 17.4 Å². The Labute approximate surface area is 153 Å². The molecule has 0 aliphatic carbocycles. The average Bonchev–Trinajstić information content (AvgIpc) is 2.95. The molecule has 0 saturated carbocycles. The Hall–Kier alpha value is -4.19. The van der Waals surface area contributed by atoms with Crippen LogP contribution in [0.5, 0.6) is 5.75 Å². The predicted molar refractivity (Wildman–Crippen MR) is 94.3 cm³/mol. The molecule has 2 aromatic rings. The van der Waals surface area contributed by atoms with Crippen molar-refractivity contribution in [3.05, 3.63) is 69.8 Å². The number of ether oxygens (including phenoxy) is 1. The van der Waals surface area contributed by atoms with Crippen LogP contribution in [0.2, 0.25) is 0 Å². The minimum atomic E-state index is -0.651. The van der Waals surface area contributed by atoms with Crippen LogP contribution in [0.4, 0.5) is 11.4 Å². The van der Waals surface area contributed by atoms with Gasteiger partial charge in [0.25, 0.3) is 17.5 Å². The summed E-state index contributed by atoms with van der Waals surface area (Å²) >= 11 is 0. The molecule has 9 nitrogen and oxygen atoms in total. The number of nitriles is 1.